The van der Waals surface area contributed by atoms with Crippen LogP contribution in [0.5, 0.6) is 0 Å². The number of anilines is 1. The summed E-state index contributed by atoms with van der Waals surface area (Å²) in [6.07, 6.45) is 2.13. The molecule has 0 atom stereocenters. The number of hydrogen-bond donors (Lipinski definition) is 2. The van der Waals surface area contributed by atoms with E-state index in [4.69, 9.17) is 5.73 Å². The first-order chi connectivity index (χ1) is 8.84. The van der Waals surface area contributed by atoms with Gasteiger partial charge in [0.15, 0.2) is 0 Å². The van der Waals surface area contributed by atoms with Crippen molar-refractivity contribution in [1.82, 2.24) is 0 Å². The van der Waals surface area contributed by atoms with E-state index in [9.17, 15) is 9.18 Å². The summed E-state index contributed by atoms with van der Waals surface area (Å²) in [7, 11) is 0. The fraction of sp³-hybridized carbons (Fsp3) is 0.500. The number of carbonyl (C=O) groups is 1. The van der Waals surface area contributed by atoms with Crippen molar-refractivity contribution in [2.24, 2.45) is 11.1 Å². The van der Waals surface area contributed by atoms with Crippen molar-refractivity contribution in [3.8, 4) is 0 Å². The Morgan fingerprint density at radius 1 is 1.42 bits per heavy atom. The second-order valence-electron chi connectivity index (χ2n) is 5.38. The van der Waals surface area contributed by atoms with E-state index in [1.165, 1.54) is 12.1 Å². The van der Waals surface area contributed by atoms with Crippen molar-refractivity contribution in [2.75, 3.05) is 11.9 Å². The first kappa shape index (κ1) is 16.4. The third-order valence-corrected chi connectivity index (χ3v) is 3.95. The van der Waals surface area contributed by atoms with Crippen LogP contribution in [0.4, 0.5) is 10.1 Å². The van der Waals surface area contributed by atoms with Crippen LogP contribution in [0, 0.1) is 14.8 Å². The molecule has 19 heavy (non-hydrogen) atoms. The molecule has 0 aromatic heterocycles. The molecule has 0 aliphatic carbocycles. The zero-order valence-electron chi connectivity index (χ0n) is 11.3. The van der Waals surface area contributed by atoms with Gasteiger partial charge in [-0.2, -0.15) is 0 Å². The van der Waals surface area contributed by atoms with E-state index >= 15 is 0 Å². The molecule has 0 heterocycles. The van der Waals surface area contributed by atoms with Gasteiger partial charge in [0.05, 0.1) is 5.69 Å². The molecule has 0 aliphatic heterocycles. The normalized spacial score (nSPS) is 11.4. The number of nitrogens with one attached hydrogen (secondary N) is 1. The van der Waals surface area contributed by atoms with Gasteiger partial charge in [0, 0.05) is 9.99 Å². The molecule has 3 N–H and O–H groups in total. The van der Waals surface area contributed by atoms with Crippen LogP contribution in [0.3, 0.4) is 0 Å². The van der Waals surface area contributed by atoms with Gasteiger partial charge in [-0.3, -0.25) is 4.79 Å². The summed E-state index contributed by atoms with van der Waals surface area (Å²) < 4.78 is 13.6. The quantitative estimate of drug-likeness (QED) is 0.745. The monoisotopic (exact) mass is 378 g/mol. The van der Waals surface area contributed by atoms with Crippen LogP contribution in [-0.2, 0) is 4.79 Å². The predicted molar refractivity (Wildman–Crippen MR) is 84.4 cm³/mol. The van der Waals surface area contributed by atoms with E-state index in [-0.39, 0.29) is 17.1 Å². The Hall–Kier alpha value is -0.690. The minimum atomic E-state index is -0.300. The number of nitrogens with two attached hydrogens (primary N) is 1. The largest absolute Gasteiger partial charge is 0.330 e. The molecule has 0 spiro atoms. The number of carbonyl (C=O) groups excluding carboxylic acids is 1. The van der Waals surface area contributed by atoms with Crippen LogP contribution < -0.4 is 11.1 Å². The van der Waals surface area contributed by atoms with E-state index in [0.717, 1.165) is 12.8 Å². The summed E-state index contributed by atoms with van der Waals surface area (Å²) in [4.78, 5) is 11.9. The van der Waals surface area contributed by atoms with Gasteiger partial charge >= 0.3 is 0 Å². The number of benzene rings is 1. The third-order valence-electron chi connectivity index (χ3n) is 3.06. The first-order valence-electron chi connectivity index (χ1n) is 6.29. The molecular formula is C14H20FIN2O. The predicted octanol–water partition coefficient (Wildman–Crippen LogP) is 3.52. The lowest BCUT2D eigenvalue weighted by Gasteiger charge is -2.23. The molecule has 1 aromatic carbocycles. The SMILES string of the molecule is CC(C)(CCN)CCC(=O)Nc1ccc(F)cc1I. The molecule has 0 aliphatic rings. The standard InChI is InChI=1S/C14H20FIN2O/c1-14(2,7-8-17)6-5-13(19)18-12-4-3-10(15)9-11(12)16/h3-4,9H,5-8,17H2,1-2H3,(H,18,19). The fourth-order valence-corrected chi connectivity index (χ4v) is 2.38. The van der Waals surface area contributed by atoms with Crippen LogP contribution in [-0.4, -0.2) is 12.5 Å². The highest BCUT2D eigenvalue weighted by molar-refractivity contribution is 14.1. The second-order valence-corrected chi connectivity index (χ2v) is 6.54. The van der Waals surface area contributed by atoms with Crippen molar-refractivity contribution < 1.29 is 9.18 Å². The minimum Gasteiger partial charge on any atom is -0.330 e. The van der Waals surface area contributed by atoms with Crippen molar-refractivity contribution in [3.05, 3.63) is 27.6 Å². The smallest absolute Gasteiger partial charge is 0.224 e. The summed E-state index contributed by atoms with van der Waals surface area (Å²) in [5.41, 5.74) is 6.27. The van der Waals surface area contributed by atoms with Gasteiger partial charge < -0.3 is 11.1 Å². The average molecular weight is 378 g/mol. The summed E-state index contributed by atoms with van der Waals surface area (Å²) >= 11 is 2.01. The molecule has 0 unspecified atom stereocenters. The van der Waals surface area contributed by atoms with E-state index in [1.54, 1.807) is 6.07 Å². The molecule has 1 amide bonds. The van der Waals surface area contributed by atoms with Gasteiger partial charge in [-0.1, -0.05) is 13.8 Å². The van der Waals surface area contributed by atoms with Crippen LogP contribution in [0.25, 0.3) is 0 Å². The van der Waals surface area contributed by atoms with Crippen LogP contribution in [0.2, 0.25) is 0 Å². The van der Waals surface area contributed by atoms with Gasteiger partial charge in [-0.05, 0) is 65.6 Å². The molecule has 5 heteroatoms. The molecule has 0 saturated heterocycles. The van der Waals surface area contributed by atoms with Crippen LogP contribution in [0.15, 0.2) is 18.2 Å². The molecule has 0 saturated carbocycles. The lowest BCUT2D eigenvalue weighted by Crippen LogP contribution is -2.20. The topological polar surface area (TPSA) is 55.1 Å². The van der Waals surface area contributed by atoms with Crippen molar-refractivity contribution in [2.45, 2.75) is 33.1 Å². The summed E-state index contributed by atoms with van der Waals surface area (Å²) in [6, 6.07) is 4.32. The molecule has 3 nitrogen and oxygen atoms in total. The Labute approximate surface area is 127 Å². The van der Waals surface area contributed by atoms with Gasteiger partial charge in [0.25, 0.3) is 0 Å². The van der Waals surface area contributed by atoms with E-state index in [0.29, 0.717) is 22.2 Å². The van der Waals surface area contributed by atoms with E-state index < -0.39 is 0 Å². The number of halogens is 2. The Balaban J connectivity index is 2.52. The third kappa shape index (κ3) is 5.86. The Morgan fingerprint density at radius 2 is 2.11 bits per heavy atom. The average Bonchev–Trinajstić information content (AvgIpc) is 2.30. The van der Waals surface area contributed by atoms with E-state index in [2.05, 4.69) is 19.2 Å². The van der Waals surface area contributed by atoms with Gasteiger partial charge in [0.2, 0.25) is 5.91 Å². The van der Waals surface area contributed by atoms with E-state index in [1.807, 2.05) is 22.6 Å². The summed E-state index contributed by atoms with van der Waals surface area (Å²) in [5.74, 6) is -0.346. The van der Waals surface area contributed by atoms with Crippen LogP contribution >= 0.6 is 22.6 Å². The lowest BCUT2D eigenvalue weighted by atomic mass is 9.84. The van der Waals surface area contributed by atoms with Crippen molar-refractivity contribution in [3.63, 3.8) is 0 Å². The van der Waals surface area contributed by atoms with Crippen molar-refractivity contribution >= 4 is 34.2 Å². The number of hydrogen-bond acceptors (Lipinski definition) is 2. The lowest BCUT2D eigenvalue weighted by molar-refractivity contribution is -0.116. The highest BCUT2D eigenvalue weighted by Crippen LogP contribution is 2.26. The minimum absolute atomic E-state index is 0.0466. The molecule has 1 rings (SSSR count). The Morgan fingerprint density at radius 3 is 2.68 bits per heavy atom. The highest BCUT2D eigenvalue weighted by atomic mass is 127. The summed E-state index contributed by atoms with van der Waals surface area (Å²) in [6.45, 7) is 4.84. The van der Waals surface area contributed by atoms with Gasteiger partial charge in [0.1, 0.15) is 5.82 Å². The molecular weight excluding hydrogens is 358 g/mol. The molecule has 1 aromatic rings. The molecule has 0 radical (unpaired) electrons. The molecule has 0 fully saturated rings. The summed E-state index contributed by atoms with van der Waals surface area (Å²) in [5, 5.41) is 2.81. The Kier molecular flexibility index (Phi) is 6.19. The number of amides is 1. The highest BCUT2D eigenvalue weighted by Gasteiger charge is 2.18. The fourth-order valence-electron chi connectivity index (χ4n) is 1.77. The maximum Gasteiger partial charge on any atom is 0.224 e. The zero-order valence-corrected chi connectivity index (χ0v) is 13.5. The van der Waals surface area contributed by atoms with Gasteiger partial charge in [-0.15, -0.1) is 0 Å². The number of rotatable bonds is 6. The molecule has 106 valence electrons. The van der Waals surface area contributed by atoms with Crippen LogP contribution in [0.1, 0.15) is 33.1 Å². The van der Waals surface area contributed by atoms with Crippen molar-refractivity contribution in [1.29, 1.82) is 0 Å². The molecule has 0 bridgehead atoms. The van der Waals surface area contributed by atoms with Gasteiger partial charge in [-0.25, -0.2) is 4.39 Å². The maximum atomic E-state index is 12.9. The Bertz CT molecular complexity index is 449. The first-order valence-corrected chi connectivity index (χ1v) is 7.37. The second kappa shape index (κ2) is 7.19. The maximum absolute atomic E-state index is 12.9. The zero-order chi connectivity index (χ0) is 14.5.